The van der Waals surface area contributed by atoms with Gasteiger partial charge in [0, 0.05) is 0 Å². The van der Waals surface area contributed by atoms with Crippen molar-refractivity contribution in [2.24, 2.45) is 0 Å². The van der Waals surface area contributed by atoms with Crippen molar-refractivity contribution in [1.82, 2.24) is 0 Å². The average Bonchev–Trinajstić information content (AvgIpc) is 3.40. The zero-order valence-electron chi connectivity index (χ0n) is 12.9. The summed E-state index contributed by atoms with van der Waals surface area (Å²) in [7, 11) is 0. The van der Waals surface area contributed by atoms with Crippen LogP contribution in [0.3, 0.4) is 0 Å². The van der Waals surface area contributed by atoms with Crippen molar-refractivity contribution in [1.29, 1.82) is 0 Å². The Balaban J connectivity index is 1.49. The van der Waals surface area contributed by atoms with Crippen molar-refractivity contribution in [3.8, 4) is 17.2 Å². The predicted molar refractivity (Wildman–Crippen MR) is 88.0 cm³/mol. The monoisotopic (exact) mass is 312 g/mol. The molecule has 0 bridgehead atoms. The van der Waals surface area contributed by atoms with Crippen LogP contribution >= 0.6 is 0 Å². The first-order valence-electron chi connectivity index (χ1n) is 7.63. The van der Waals surface area contributed by atoms with E-state index >= 15 is 0 Å². The quantitative estimate of drug-likeness (QED) is 0.519. The second kappa shape index (κ2) is 7.81. The average molecular weight is 312 g/mol. The minimum absolute atomic E-state index is 0.302. The van der Waals surface area contributed by atoms with Crippen LogP contribution in [0.15, 0.2) is 61.2 Å². The van der Waals surface area contributed by atoms with Crippen LogP contribution in [0.5, 0.6) is 17.2 Å². The molecule has 120 valence electrons. The molecule has 0 aliphatic carbocycles. The van der Waals surface area contributed by atoms with Gasteiger partial charge in [-0.2, -0.15) is 0 Å². The SMILES string of the molecule is C=CCOc1ccc(Oc2ccc(COCC3CO3)cc2)cc1. The van der Waals surface area contributed by atoms with Gasteiger partial charge >= 0.3 is 0 Å². The van der Waals surface area contributed by atoms with Crippen molar-refractivity contribution in [2.45, 2.75) is 12.7 Å². The number of hydrogen-bond acceptors (Lipinski definition) is 4. The van der Waals surface area contributed by atoms with Gasteiger partial charge in [0.1, 0.15) is 30.0 Å². The molecular formula is C19H20O4. The molecule has 0 N–H and O–H groups in total. The molecule has 1 unspecified atom stereocenters. The van der Waals surface area contributed by atoms with Gasteiger partial charge in [-0.3, -0.25) is 0 Å². The lowest BCUT2D eigenvalue weighted by Gasteiger charge is -2.08. The van der Waals surface area contributed by atoms with Crippen molar-refractivity contribution in [3.05, 3.63) is 66.7 Å². The van der Waals surface area contributed by atoms with Crippen LogP contribution in [0.2, 0.25) is 0 Å². The van der Waals surface area contributed by atoms with Gasteiger partial charge in [-0.05, 0) is 42.0 Å². The third-order valence-corrected chi connectivity index (χ3v) is 3.33. The fourth-order valence-corrected chi connectivity index (χ4v) is 2.02. The van der Waals surface area contributed by atoms with Crippen molar-refractivity contribution < 1.29 is 18.9 Å². The summed E-state index contributed by atoms with van der Waals surface area (Å²) in [5.41, 5.74) is 1.12. The lowest BCUT2D eigenvalue weighted by molar-refractivity contribution is 0.104. The molecule has 1 aliphatic rings. The van der Waals surface area contributed by atoms with Gasteiger partial charge in [0.25, 0.3) is 0 Å². The summed E-state index contributed by atoms with van der Waals surface area (Å²) in [6, 6.07) is 15.4. The van der Waals surface area contributed by atoms with Gasteiger partial charge in [0.2, 0.25) is 0 Å². The first-order chi connectivity index (χ1) is 11.3. The van der Waals surface area contributed by atoms with E-state index < -0.39 is 0 Å². The summed E-state index contributed by atoms with van der Waals surface area (Å²) in [4.78, 5) is 0. The summed E-state index contributed by atoms with van der Waals surface area (Å²) < 4.78 is 21.9. The van der Waals surface area contributed by atoms with E-state index in [0.717, 1.165) is 29.4 Å². The second-order valence-corrected chi connectivity index (χ2v) is 5.29. The Bertz CT molecular complexity index is 615. The molecule has 1 fully saturated rings. The van der Waals surface area contributed by atoms with Crippen molar-refractivity contribution >= 4 is 0 Å². The fourth-order valence-electron chi connectivity index (χ4n) is 2.02. The Morgan fingerprint density at radius 2 is 1.61 bits per heavy atom. The van der Waals surface area contributed by atoms with Crippen LogP contribution in [-0.4, -0.2) is 25.9 Å². The van der Waals surface area contributed by atoms with Gasteiger partial charge in [0.05, 0.1) is 19.8 Å². The van der Waals surface area contributed by atoms with Crippen molar-refractivity contribution in [3.63, 3.8) is 0 Å². The van der Waals surface area contributed by atoms with Crippen LogP contribution in [0.25, 0.3) is 0 Å². The molecule has 0 radical (unpaired) electrons. The molecule has 2 aromatic carbocycles. The van der Waals surface area contributed by atoms with E-state index in [9.17, 15) is 0 Å². The standard InChI is InChI=1S/C19H20O4/c1-2-11-21-16-7-9-18(10-8-16)23-17-5-3-15(4-6-17)12-20-13-19-14-22-19/h2-10,19H,1,11-14H2. The van der Waals surface area contributed by atoms with E-state index in [1.807, 2.05) is 48.5 Å². The molecule has 1 heterocycles. The van der Waals surface area contributed by atoms with Crippen LogP contribution in [0.4, 0.5) is 0 Å². The third kappa shape index (κ3) is 5.13. The van der Waals surface area contributed by atoms with E-state index in [-0.39, 0.29) is 0 Å². The molecule has 23 heavy (non-hydrogen) atoms. The summed E-state index contributed by atoms with van der Waals surface area (Å²) in [6.07, 6.45) is 2.02. The lowest BCUT2D eigenvalue weighted by Crippen LogP contribution is -2.01. The maximum absolute atomic E-state index is 5.81. The molecule has 0 saturated carbocycles. The maximum Gasteiger partial charge on any atom is 0.127 e. The second-order valence-electron chi connectivity index (χ2n) is 5.29. The highest BCUT2D eigenvalue weighted by Crippen LogP contribution is 2.24. The molecule has 1 saturated heterocycles. The lowest BCUT2D eigenvalue weighted by atomic mass is 10.2. The number of benzene rings is 2. The molecule has 1 aliphatic heterocycles. The fraction of sp³-hybridized carbons (Fsp3) is 0.263. The first-order valence-corrected chi connectivity index (χ1v) is 7.63. The molecule has 0 amide bonds. The normalized spacial score (nSPS) is 15.9. The highest BCUT2D eigenvalue weighted by Gasteiger charge is 2.22. The maximum atomic E-state index is 5.81. The minimum Gasteiger partial charge on any atom is -0.490 e. The summed E-state index contributed by atoms with van der Waals surface area (Å²) in [5.74, 6) is 2.36. The molecule has 2 aromatic rings. The molecule has 4 heteroatoms. The Kier molecular flexibility index (Phi) is 5.29. The third-order valence-electron chi connectivity index (χ3n) is 3.33. The van der Waals surface area contributed by atoms with Crippen LogP contribution in [-0.2, 0) is 16.1 Å². The summed E-state index contributed by atoms with van der Waals surface area (Å²) in [5, 5.41) is 0. The minimum atomic E-state index is 0.302. The molecule has 4 nitrogen and oxygen atoms in total. The van der Waals surface area contributed by atoms with Gasteiger partial charge in [0.15, 0.2) is 0 Å². The Morgan fingerprint density at radius 3 is 2.22 bits per heavy atom. The Hall–Kier alpha value is -2.30. The molecule has 0 aromatic heterocycles. The van der Waals surface area contributed by atoms with E-state index in [2.05, 4.69) is 6.58 Å². The van der Waals surface area contributed by atoms with Crippen molar-refractivity contribution in [2.75, 3.05) is 19.8 Å². The Labute approximate surface area is 136 Å². The smallest absolute Gasteiger partial charge is 0.127 e. The van der Waals surface area contributed by atoms with E-state index in [4.69, 9.17) is 18.9 Å². The highest BCUT2D eigenvalue weighted by molar-refractivity contribution is 5.36. The molecular weight excluding hydrogens is 292 g/mol. The van der Waals surface area contributed by atoms with Crippen LogP contribution in [0.1, 0.15) is 5.56 Å². The number of epoxide rings is 1. The topological polar surface area (TPSA) is 40.2 Å². The number of ether oxygens (including phenoxy) is 4. The van der Waals surface area contributed by atoms with E-state index in [1.165, 1.54) is 0 Å². The first kappa shape index (κ1) is 15.6. The summed E-state index contributed by atoms with van der Waals surface area (Å²) >= 11 is 0. The number of hydrogen-bond donors (Lipinski definition) is 0. The largest absolute Gasteiger partial charge is 0.490 e. The Morgan fingerprint density at radius 1 is 1.00 bits per heavy atom. The zero-order chi connectivity index (χ0) is 15.9. The van der Waals surface area contributed by atoms with Gasteiger partial charge < -0.3 is 18.9 Å². The van der Waals surface area contributed by atoms with Crippen LogP contribution < -0.4 is 9.47 Å². The van der Waals surface area contributed by atoms with Gasteiger partial charge in [-0.25, -0.2) is 0 Å². The van der Waals surface area contributed by atoms with Gasteiger partial charge in [-0.1, -0.05) is 24.8 Å². The van der Waals surface area contributed by atoms with Gasteiger partial charge in [-0.15, -0.1) is 0 Å². The highest BCUT2D eigenvalue weighted by atomic mass is 16.6. The molecule has 3 rings (SSSR count). The zero-order valence-corrected chi connectivity index (χ0v) is 12.9. The van der Waals surface area contributed by atoms with E-state index in [0.29, 0.717) is 25.9 Å². The molecule has 1 atom stereocenters. The van der Waals surface area contributed by atoms with Crippen LogP contribution in [0, 0.1) is 0 Å². The molecule has 0 spiro atoms. The predicted octanol–water partition coefficient (Wildman–Crippen LogP) is 3.96. The summed E-state index contributed by atoms with van der Waals surface area (Å²) in [6.45, 7) is 6.20. The van der Waals surface area contributed by atoms with E-state index in [1.54, 1.807) is 6.08 Å². The number of rotatable bonds is 9.